The smallest absolute Gasteiger partial charge is 0.211 e. The topological polar surface area (TPSA) is 34.6 Å². The van der Waals surface area contributed by atoms with Crippen molar-refractivity contribution in [2.24, 2.45) is 10.1 Å². The van der Waals surface area contributed by atoms with E-state index in [1.54, 1.807) is 11.3 Å². The van der Waals surface area contributed by atoms with Crippen LogP contribution in [0.2, 0.25) is 5.02 Å². The molecule has 2 heterocycles. The van der Waals surface area contributed by atoms with Gasteiger partial charge in [0.1, 0.15) is 0 Å². The summed E-state index contributed by atoms with van der Waals surface area (Å²) in [5.74, 6) is 0. The Morgan fingerprint density at radius 2 is 1.51 bits per heavy atom. The second kappa shape index (κ2) is 10.4. The Morgan fingerprint density at radius 1 is 0.811 bits per heavy atom. The first kappa shape index (κ1) is 25.0. The number of halogens is 1. The molecule has 0 spiro atoms. The third-order valence-electron chi connectivity index (χ3n) is 6.48. The summed E-state index contributed by atoms with van der Waals surface area (Å²) in [6.07, 6.45) is 1.93. The van der Waals surface area contributed by atoms with Crippen molar-refractivity contribution in [2.75, 3.05) is 0 Å². The van der Waals surface area contributed by atoms with Gasteiger partial charge in [-0.15, -0.1) is 11.3 Å². The van der Waals surface area contributed by atoms with Crippen LogP contribution in [0.25, 0.3) is 16.9 Å². The van der Waals surface area contributed by atoms with E-state index in [4.69, 9.17) is 21.7 Å². The van der Waals surface area contributed by atoms with Crippen molar-refractivity contribution >= 4 is 34.8 Å². The van der Waals surface area contributed by atoms with E-state index in [2.05, 4.69) is 93.1 Å². The zero-order chi connectivity index (χ0) is 26.1. The molecule has 0 bridgehead atoms. The lowest BCUT2D eigenvalue weighted by Crippen LogP contribution is -2.12. The van der Waals surface area contributed by atoms with Crippen molar-refractivity contribution in [2.45, 2.75) is 34.6 Å². The van der Waals surface area contributed by atoms with Gasteiger partial charge in [-0.1, -0.05) is 53.6 Å². The Labute approximate surface area is 226 Å². The van der Waals surface area contributed by atoms with Crippen LogP contribution in [-0.2, 0) is 0 Å². The van der Waals surface area contributed by atoms with Gasteiger partial charge in [-0.2, -0.15) is 5.10 Å². The molecular formula is C31H29ClN4S. The lowest BCUT2D eigenvalue weighted by atomic mass is 10.1. The van der Waals surface area contributed by atoms with Crippen LogP contribution in [-0.4, -0.2) is 15.5 Å². The van der Waals surface area contributed by atoms with E-state index in [0.717, 1.165) is 55.0 Å². The molecule has 5 aromatic rings. The minimum absolute atomic E-state index is 0.727. The van der Waals surface area contributed by atoms with Crippen LogP contribution in [0, 0.1) is 34.6 Å². The SMILES string of the molecule is Cc1ccc(-c2csc(=Nc3cc(C)ccc3C)n2/N=C/c2cc(C)n(-c3ccc(Cl)cc3)c2C)cc1. The molecule has 6 heteroatoms. The summed E-state index contributed by atoms with van der Waals surface area (Å²) >= 11 is 7.71. The largest absolute Gasteiger partial charge is 0.318 e. The highest BCUT2D eigenvalue weighted by molar-refractivity contribution is 7.07. The maximum atomic E-state index is 6.11. The van der Waals surface area contributed by atoms with Crippen LogP contribution in [0.15, 0.2) is 88.3 Å². The standard InChI is InChI=1S/C31H29ClN4S/c1-20-7-10-25(11-8-20)30-19-37-31(34-29-16-21(2)6-9-22(29)3)36(30)33-18-26-17-23(4)35(24(26)5)28-14-12-27(32)13-15-28/h6-19H,1-5H3/b33-18+,34-31?. The molecule has 0 N–H and O–H groups in total. The van der Waals surface area contributed by atoms with Crippen molar-refractivity contribution in [3.63, 3.8) is 0 Å². The van der Waals surface area contributed by atoms with Gasteiger partial charge < -0.3 is 4.57 Å². The first-order chi connectivity index (χ1) is 17.8. The van der Waals surface area contributed by atoms with Gasteiger partial charge in [-0.3, -0.25) is 0 Å². The normalized spacial score (nSPS) is 12.1. The Balaban J connectivity index is 1.63. The fraction of sp³-hybridized carbons (Fsp3) is 0.161. The van der Waals surface area contributed by atoms with Gasteiger partial charge in [0.05, 0.1) is 17.6 Å². The molecule has 0 saturated carbocycles. The van der Waals surface area contributed by atoms with E-state index in [1.807, 2.05) is 35.2 Å². The Bertz CT molecular complexity index is 1670. The number of hydrogen-bond acceptors (Lipinski definition) is 3. The molecule has 0 fully saturated rings. The molecule has 0 saturated heterocycles. The van der Waals surface area contributed by atoms with E-state index >= 15 is 0 Å². The highest BCUT2D eigenvalue weighted by atomic mass is 35.5. The lowest BCUT2D eigenvalue weighted by Gasteiger charge is -2.09. The first-order valence-corrected chi connectivity index (χ1v) is 13.4. The monoisotopic (exact) mass is 524 g/mol. The van der Waals surface area contributed by atoms with Crippen LogP contribution in [0.3, 0.4) is 0 Å². The van der Waals surface area contributed by atoms with Gasteiger partial charge in [-0.25, -0.2) is 9.67 Å². The summed E-state index contributed by atoms with van der Waals surface area (Å²) in [7, 11) is 0. The van der Waals surface area contributed by atoms with E-state index in [9.17, 15) is 0 Å². The molecule has 0 atom stereocenters. The summed E-state index contributed by atoms with van der Waals surface area (Å²) in [4.78, 5) is 5.85. The van der Waals surface area contributed by atoms with E-state index < -0.39 is 0 Å². The van der Waals surface area contributed by atoms with Crippen LogP contribution in [0.5, 0.6) is 0 Å². The molecule has 0 aliphatic carbocycles. The summed E-state index contributed by atoms with van der Waals surface area (Å²) < 4.78 is 4.17. The van der Waals surface area contributed by atoms with Crippen molar-refractivity contribution in [1.29, 1.82) is 0 Å². The molecule has 0 aliphatic heterocycles. The molecule has 3 aromatic carbocycles. The molecule has 5 rings (SSSR count). The molecule has 0 amide bonds. The third kappa shape index (κ3) is 5.24. The number of thiazole rings is 1. The summed E-state index contributed by atoms with van der Waals surface area (Å²) in [5, 5.41) is 7.84. The highest BCUT2D eigenvalue weighted by Crippen LogP contribution is 2.25. The van der Waals surface area contributed by atoms with E-state index in [0.29, 0.717) is 0 Å². The van der Waals surface area contributed by atoms with Crippen LogP contribution < -0.4 is 4.80 Å². The zero-order valence-electron chi connectivity index (χ0n) is 21.7. The van der Waals surface area contributed by atoms with Gasteiger partial charge in [0, 0.05) is 38.6 Å². The minimum Gasteiger partial charge on any atom is -0.318 e. The average molecular weight is 525 g/mol. The fourth-order valence-corrected chi connectivity index (χ4v) is 5.36. The highest BCUT2D eigenvalue weighted by Gasteiger charge is 2.12. The maximum absolute atomic E-state index is 6.11. The van der Waals surface area contributed by atoms with E-state index in [-0.39, 0.29) is 0 Å². The molecule has 0 radical (unpaired) electrons. The number of hydrogen-bond donors (Lipinski definition) is 0. The molecule has 4 nitrogen and oxygen atoms in total. The van der Waals surface area contributed by atoms with Crippen molar-refractivity contribution in [3.8, 4) is 16.9 Å². The second-order valence-electron chi connectivity index (χ2n) is 9.37. The average Bonchev–Trinajstić information content (AvgIpc) is 3.40. The van der Waals surface area contributed by atoms with Crippen molar-refractivity contribution in [1.82, 2.24) is 9.24 Å². The molecule has 37 heavy (non-hydrogen) atoms. The van der Waals surface area contributed by atoms with Crippen LogP contribution >= 0.6 is 22.9 Å². The zero-order valence-corrected chi connectivity index (χ0v) is 23.2. The quantitative estimate of drug-likeness (QED) is 0.207. The van der Waals surface area contributed by atoms with Gasteiger partial charge in [0.15, 0.2) is 0 Å². The Kier molecular flexibility index (Phi) is 7.00. The van der Waals surface area contributed by atoms with Gasteiger partial charge >= 0.3 is 0 Å². The molecular weight excluding hydrogens is 496 g/mol. The van der Waals surface area contributed by atoms with Gasteiger partial charge in [0.2, 0.25) is 4.80 Å². The van der Waals surface area contributed by atoms with Gasteiger partial charge in [-0.05, 0) is 82.1 Å². The van der Waals surface area contributed by atoms with Crippen molar-refractivity contribution < 1.29 is 0 Å². The van der Waals surface area contributed by atoms with E-state index in [1.165, 1.54) is 11.1 Å². The Hall–Kier alpha value is -3.67. The maximum Gasteiger partial charge on any atom is 0.211 e. The lowest BCUT2D eigenvalue weighted by molar-refractivity contribution is 0.853. The van der Waals surface area contributed by atoms with Crippen molar-refractivity contribution in [3.05, 3.63) is 122 Å². The summed E-state index contributed by atoms with van der Waals surface area (Å²) in [6.45, 7) is 10.5. The molecule has 2 aromatic heterocycles. The van der Waals surface area contributed by atoms with Crippen LogP contribution in [0.1, 0.15) is 33.6 Å². The second-order valence-corrected chi connectivity index (χ2v) is 10.6. The number of aryl methyl sites for hydroxylation is 4. The van der Waals surface area contributed by atoms with Crippen LogP contribution in [0.4, 0.5) is 5.69 Å². The first-order valence-electron chi connectivity index (χ1n) is 12.2. The predicted molar refractivity (Wildman–Crippen MR) is 157 cm³/mol. The summed E-state index contributed by atoms with van der Waals surface area (Å²) in [6, 6.07) is 24.9. The number of benzene rings is 3. The van der Waals surface area contributed by atoms with Gasteiger partial charge in [0.25, 0.3) is 0 Å². The molecule has 0 aliphatic rings. The minimum atomic E-state index is 0.727. The number of nitrogens with zero attached hydrogens (tertiary/aromatic N) is 4. The number of aromatic nitrogens is 2. The predicted octanol–water partition coefficient (Wildman–Crippen LogP) is 8.32. The molecule has 186 valence electrons. The number of rotatable bonds is 5. The Morgan fingerprint density at radius 3 is 2.24 bits per heavy atom. The fourth-order valence-electron chi connectivity index (χ4n) is 4.38. The molecule has 0 unspecified atom stereocenters. The summed E-state index contributed by atoms with van der Waals surface area (Å²) in [5.41, 5.74) is 11.0. The third-order valence-corrected chi connectivity index (χ3v) is 7.55.